The van der Waals surface area contributed by atoms with Crippen LogP contribution in [0.3, 0.4) is 0 Å². The van der Waals surface area contributed by atoms with Gasteiger partial charge in [-0.3, -0.25) is 13.9 Å². The molecule has 0 aliphatic heterocycles. The summed E-state index contributed by atoms with van der Waals surface area (Å²) in [6.07, 6.45) is 0.359. The Kier molecular flexibility index (Phi) is 9.30. The molecule has 0 heterocycles. The van der Waals surface area contributed by atoms with Gasteiger partial charge in [-0.25, -0.2) is 8.42 Å². The van der Waals surface area contributed by atoms with Crippen molar-refractivity contribution in [3.05, 3.63) is 90.0 Å². The lowest BCUT2D eigenvalue weighted by Gasteiger charge is -2.33. The number of likely N-dealkylation sites (N-methyl/N-ethyl adjacent to an activating group) is 1. The zero-order valence-corrected chi connectivity index (χ0v) is 22.4. The van der Waals surface area contributed by atoms with Crippen LogP contribution in [-0.2, 0) is 26.2 Å². The highest BCUT2D eigenvalue weighted by Crippen LogP contribution is 2.25. The first-order valence-electron chi connectivity index (χ1n) is 12.0. The molecule has 0 aromatic heterocycles. The summed E-state index contributed by atoms with van der Waals surface area (Å²) in [4.78, 5) is 28.1. The van der Waals surface area contributed by atoms with Gasteiger partial charge in [0.15, 0.2) is 0 Å². The summed E-state index contributed by atoms with van der Waals surface area (Å²) in [6.45, 7) is 3.37. The molecule has 3 aromatic carbocycles. The molecule has 0 unspecified atom stereocenters. The lowest BCUT2D eigenvalue weighted by atomic mass is 10.1. The largest absolute Gasteiger partial charge is 0.497 e. The van der Waals surface area contributed by atoms with Crippen LogP contribution in [0.25, 0.3) is 0 Å². The first kappa shape index (κ1) is 27.7. The van der Waals surface area contributed by atoms with Crippen LogP contribution in [0.4, 0.5) is 5.69 Å². The van der Waals surface area contributed by atoms with Crippen molar-refractivity contribution < 1.29 is 22.7 Å². The quantitative estimate of drug-likeness (QED) is 0.413. The van der Waals surface area contributed by atoms with Crippen molar-refractivity contribution in [1.29, 1.82) is 0 Å². The van der Waals surface area contributed by atoms with E-state index in [-0.39, 0.29) is 17.3 Å². The van der Waals surface area contributed by atoms with Gasteiger partial charge in [0, 0.05) is 13.6 Å². The average molecular weight is 524 g/mol. The number of anilines is 1. The van der Waals surface area contributed by atoms with Gasteiger partial charge < -0.3 is 15.0 Å². The summed E-state index contributed by atoms with van der Waals surface area (Å²) < 4.78 is 33.7. The molecule has 196 valence electrons. The number of sulfonamides is 1. The molecule has 37 heavy (non-hydrogen) atoms. The van der Waals surface area contributed by atoms with Crippen LogP contribution >= 0.6 is 0 Å². The van der Waals surface area contributed by atoms with Gasteiger partial charge in [-0.05, 0) is 55.3 Å². The molecule has 2 amide bonds. The van der Waals surface area contributed by atoms with Crippen LogP contribution in [0.1, 0.15) is 24.5 Å². The minimum atomic E-state index is -4.07. The van der Waals surface area contributed by atoms with Crippen molar-refractivity contribution in [2.45, 2.75) is 37.8 Å². The maximum Gasteiger partial charge on any atom is 0.264 e. The summed E-state index contributed by atoms with van der Waals surface area (Å²) in [6, 6.07) is 21.3. The van der Waals surface area contributed by atoms with Crippen molar-refractivity contribution in [3.63, 3.8) is 0 Å². The maximum absolute atomic E-state index is 13.8. The molecule has 0 spiro atoms. The number of nitrogens with zero attached hydrogens (tertiary/aromatic N) is 2. The number of carbonyl (C=O) groups excluding carboxylic acids is 2. The Morgan fingerprint density at radius 1 is 0.946 bits per heavy atom. The molecule has 1 atom stereocenters. The molecule has 0 fully saturated rings. The number of hydrogen-bond donors (Lipinski definition) is 1. The zero-order valence-electron chi connectivity index (χ0n) is 21.5. The van der Waals surface area contributed by atoms with Gasteiger partial charge in [0.05, 0.1) is 17.7 Å². The second-order valence-corrected chi connectivity index (χ2v) is 10.4. The monoisotopic (exact) mass is 523 g/mol. The van der Waals surface area contributed by atoms with E-state index in [4.69, 9.17) is 4.74 Å². The summed E-state index contributed by atoms with van der Waals surface area (Å²) in [7, 11) is -0.988. The molecule has 0 radical (unpaired) electrons. The number of aryl methyl sites for hydroxylation is 1. The fourth-order valence-electron chi connectivity index (χ4n) is 3.97. The van der Waals surface area contributed by atoms with E-state index >= 15 is 0 Å². The second-order valence-electron chi connectivity index (χ2n) is 8.57. The number of hydrogen-bond acceptors (Lipinski definition) is 5. The van der Waals surface area contributed by atoms with Crippen molar-refractivity contribution in [2.75, 3.05) is 25.0 Å². The fraction of sp³-hybridized carbons (Fsp3) is 0.286. The number of ether oxygens (including phenoxy) is 1. The first-order valence-corrected chi connectivity index (χ1v) is 13.4. The summed E-state index contributed by atoms with van der Waals surface area (Å²) in [5.74, 6) is -0.150. The van der Waals surface area contributed by atoms with Gasteiger partial charge in [0.1, 0.15) is 18.3 Å². The number of amides is 2. The Morgan fingerprint density at radius 3 is 2.11 bits per heavy atom. The average Bonchev–Trinajstić information content (AvgIpc) is 2.92. The van der Waals surface area contributed by atoms with Crippen LogP contribution in [0, 0.1) is 6.92 Å². The van der Waals surface area contributed by atoms with Gasteiger partial charge in [-0.1, -0.05) is 55.0 Å². The highest BCUT2D eigenvalue weighted by molar-refractivity contribution is 7.92. The normalized spacial score (nSPS) is 11.9. The van der Waals surface area contributed by atoms with E-state index in [2.05, 4.69) is 5.32 Å². The third-order valence-corrected chi connectivity index (χ3v) is 7.86. The van der Waals surface area contributed by atoms with Crippen LogP contribution in [0.15, 0.2) is 83.8 Å². The molecular formula is C28H33N3O5S. The third-order valence-electron chi connectivity index (χ3n) is 6.08. The van der Waals surface area contributed by atoms with Gasteiger partial charge in [-0.2, -0.15) is 0 Å². The fourth-order valence-corrected chi connectivity index (χ4v) is 5.41. The van der Waals surface area contributed by atoms with E-state index in [1.807, 2.05) is 26.0 Å². The van der Waals surface area contributed by atoms with E-state index in [9.17, 15) is 18.0 Å². The number of methoxy groups -OCH3 is 1. The Labute approximate surface area is 218 Å². The smallest absolute Gasteiger partial charge is 0.264 e. The SMILES string of the molecule is CC[C@H](C(=O)NC)N(Cc1ccc(OC)cc1)C(=O)CN(c1ccc(C)cc1)S(=O)(=O)c1ccccc1. The Balaban J connectivity index is 2.02. The topological polar surface area (TPSA) is 96.0 Å². The molecule has 0 aliphatic carbocycles. The Hall–Kier alpha value is -3.85. The molecule has 0 saturated heterocycles. The molecule has 8 nitrogen and oxygen atoms in total. The summed E-state index contributed by atoms with van der Waals surface area (Å²) in [5, 5.41) is 2.62. The van der Waals surface area contributed by atoms with Crippen LogP contribution in [0.2, 0.25) is 0 Å². The zero-order chi connectivity index (χ0) is 27.0. The number of nitrogens with one attached hydrogen (secondary N) is 1. The molecule has 3 aromatic rings. The molecule has 0 bridgehead atoms. The van der Waals surface area contributed by atoms with E-state index in [1.165, 1.54) is 24.1 Å². The predicted molar refractivity (Wildman–Crippen MR) is 144 cm³/mol. The van der Waals surface area contributed by atoms with Crippen molar-refractivity contribution in [2.24, 2.45) is 0 Å². The van der Waals surface area contributed by atoms with Gasteiger partial charge in [0.25, 0.3) is 10.0 Å². The van der Waals surface area contributed by atoms with Gasteiger partial charge in [-0.15, -0.1) is 0 Å². The maximum atomic E-state index is 13.8. The Bertz CT molecular complexity index is 1290. The standard InChI is InChI=1S/C28H33N3O5S/c1-5-26(28(33)29-3)30(19-22-13-17-24(36-4)18-14-22)27(32)20-31(23-15-11-21(2)12-16-23)37(34,35)25-9-7-6-8-10-25/h6-18,26H,5,19-20H2,1-4H3,(H,29,33)/t26-/m1/s1. The van der Waals surface area contributed by atoms with E-state index in [1.54, 1.807) is 61.7 Å². The summed E-state index contributed by atoms with van der Waals surface area (Å²) in [5.41, 5.74) is 2.10. The first-order chi connectivity index (χ1) is 17.7. The van der Waals surface area contributed by atoms with Crippen molar-refractivity contribution in [3.8, 4) is 5.75 Å². The van der Waals surface area contributed by atoms with Gasteiger partial charge in [0.2, 0.25) is 11.8 Å². The Morgan fingerprint density at radius 2 is 1.57 bits per heavy atom. The molecule has 1 N–H and O–H groups in total. The molecule has 9 heteroatoms. The van der Waals surface area contributed by atoms with E-state index in [0.717, 1.165) is 15.4 Å². The molecule has 0 aliphatic rings. The van der Waals surface area contributed by atoms with Crippen molar-refractivity contribution >= 4 is 27.5 Å². The number of carbonyl (C=O) groups is 2. The van der Waals surface area contributed by atoms with Crippen LogP contribution < -0.4 is 14.4 Å². The lowest BCUT2D eigenvalue weighted by molar-refractivity contribution is -0.140. The molecule has 3 rings (SSSR count). The summed E-state index contributed by atoms with van der Waals surface area (Å²) >= 11 is 0. The predicted octanol–water partition coefficient (Wildman–Crippen LogP) is 3.75. The van der Waals surface area contributed by atoms with E-state index in [0.29, 0.717) is 17.9 Å². The van der Waals surface area contributed by atoms with Gasteiger partial charge >= 0.3 is 0 Å². The number of rotatable bonds is 11. The minimum Gasteiger partial charge on any atom is -0.497 e. The molecule has 0 saturated carbocycles. The second kappa shape index (κ2) is 12.4. The molecular weight excluding hydrogens is 490 g/mol. The van der Waals surface area contributed by atoms with Crippen LogP contribution in [-0.4, -0.2) is 51.9 Å². The third kappa shape index (κ3) is 6.68. The number of benzene rings is 3. The minimum absolute atomic E-state index is 0.0726. The van der Waals surface area contributed by atoms with Crippen LogP contribution in [0.5, 0.6) is 5.75 Å². The highest BCUT2D eigenvalue weighted by atomic mass is 32.2. The van der Waals surface area contributed by atoms with Crippen molar-refractivity contribution in [1.82, 2.24) is 10.2 Å². The lowest BCUT2D eigenvalue weighted by Crippen LogP contribution is -2.51. The highest BCUT2D eigenvalue weighted by Gasteiger charge is 2.33. The van der Waals surface area contributed by atoms with E-state index < -0.39 is 28.5 Å².